The summed E-state index contributed by atoms with van der Waals surface area (Å²) in [5.74, 6) is 0.265. The zero-order valence-corrected chi connectivity index (χ0v) is 12.0. The van der Waals surface area contributed by atoms with Crippen LogP contribution in [-0.4, -0.2) is 17.9 Å². The molecule has 0 aliphatic carbocycles. The Morgan fingerprint density at radius 1 is 1.29 bits per heavy atom. The average molecular weight is 280 g/mol. The van der Waals surface area contributed by atoms with Gasteiger partial charge in [-0.05, 0) is 22.5 Å². The molecule has 1 aliphatic rings. The number of rotatable bonds is 4. The molecule has 0 radical (unpaired) electrons. The van der Waals surface area contributed by atoms with E-state index >= 15 is 0 Å². The van der Waals surface area contributed by atoms with Crippen molar-refractivity contribution in [2.75, 3.05) is 0 Å². The van der Waals surface area contributed by atoms with E-state index in [1.807, 2.05) is 42.5 Å². The van der Waals surface area contributed by atoms with Gasteiger partial charge in [-0.15, -0.1) is 0 Å². The van der Waals surface area contributed by atoms with Gasteiger partial charge in [0, 0.05) is 12.0 Å². The van der Waals surface area contributed by atoms with E-state index in [1.165, 1.54) is 0 Å². The lowest BCUT2D eigenvalue weighted by atomic mass is 9.78. The molecule has 1 aliphatic heterocycles. The van der Waals surface area contributed by atoms with E-state index < -0.39 is 7.12 Å². The van der Waals surface area contributed by atoms with Crippen LogP contribution in [0.1, 0.15) is 40.7 Å². The van der Waals surface area contributed by atoms with Crippen LogP contribution in [0.2, 0.25) is 0 Å². The molecule has 2 aromatic carbocycles. The highest BCUT2D eigenvalue weighted by molar-refractivity contribution is 6.61. The summed E-state index contributed by atoms with van der Waals surface area (Å²) in [5, 5.41) is 9.71. The van der Waals surface area contributed by atoms with Gasteiger partial charge in [0.05, 0.1) is 6.61 Å². The molecule has 1 N–H and O–H groups in total. The highest BCUT2D eigenvalue weighted by atomic mass is 16.5. The number of hydrogen-bond acceptors (Lipinski definition) is 3. The number of ketones is 1. The van der Waals surface area contributed by atoms with Crippen LogP contribution in [0, 0.1) is 0 Å². The Bertz CT molecular complexity index is 654. The number of benzene rings is 2. The molecule has 106 valence electrons. The number of hydrogen-bond donors (Lipinski definition) is 1. The summed E-state index contributed by atoms with van der Waals surface area (Å²) in [6, 6.07) is 15.5. The largest absolute Gasteiger partial charge is 0.491 e. The summed E-state index contributed by atoms with van der Waals surface area (Å²) in [6.07, 6.45) is 0.458. The molecule has 0 aromatic heterocycles. The Hall–Kier alpha value is -1.91. The van der Waals surface area contributed by atoms with Crippen LogP contribution >= 0.6 is 0 Å². The molecule has 4 heteroatoms. The molecule has 21 heavy (non-hydrogen) atoms. The van der Waals surface area contributed by atoms with Crippen LogP contribution in [0.4, 0.5) is 0 Å². The van der Waals surface area contributed by atoms with Crippen LogP contribution in [0.5, 0.6) is 0 Å². The summed E-state index contributed by atoms with van der Waals surface area (Å²) >= 11 is 0. The first-order valence-corrected chi connectivity index (χ1v) is 7.16. The van der Waals surface area contributed by atoms with Gasteiger partial charge in [-0.25, -0.2) is 0 Å². The molecular weight excluding hydrogens is 263 g/mol. The first-order chi connectivity index (χ1) is 10.1. The van der Waals surface area contributed by atoms with E-state index in [2.05, 4.69) is 6.92 Å². The normalized spacial score (nSPS) is 14.9. The standard InChI is InChI=1S/C17H17BO3/c1-12(13-5-3-2-4-6-13)9-17(19)14-7-8-15-11-21-18(20)16(15)10-14/h2-8,10,12,20H,9,11H2,1H3. The maximum Gasteiger partial charge on any atom is 0.491 e. The van der Waals surface area contributed by atoms with Gasteiger partial charge in [-0.3, -0.25) is 4.79 Å². The summed E-state index contributed by atoms with van der Waals surface area (Å²) < 4.78 is 5.15. The highest BCUT2D eigenvalue weighted by Gasteiger charge is 2.28. The van der Waals surface area contributed by atoms with Gasteiger partial charge in [-0.2, -0.15) is 0 Å². The van der Waals surface area contributed by atoms with Gasteiger partial charge < -0.3 is 9.68 Å². The van der Waals surface area contributed by atoms with Gasteiger partial charge in [-0.1, -0.05) is 55.5 Å². The smallest absolute Gasteiger partial charge is 0.423 e. The van der Waals surface area contributed by atoms with Crippen LogP contribution in [0.3, 0.4) is 0 Å². The van der Waals surface area contributed by atoms with Gasteiger partial charge >= 0.3 is 7.12 Å². The highest BCUT2D eigenvalue weighted by Crippen LogP contribution is 2.21. The quantitative estimate of drug-likeness (QED) is 0.690. The second-order valence-electron chi connectivity index (χ2n) is 5.52. The Morgan fingerprint density at radius 3 is 2.81 bits per heavy atom. The SMILES string of the molecule is CC(CC(=O)c1ccc2c(c1)B(O)OC2)c1ccccc1. The number of carbonyl (C=O) groups is 1. The third-order valence-corrected chi connectivity index (χ3v) is 3.99. The van der Waals surface area contributed by atoms with E-state index in [1.54, 1.807) is 6.07 Å². The second kappa shape index (κ2) is 5.84. The fourth-order valence-electron chi connectivity index (χ4n) is 2.68. The van der Waals surface area contributed by atoms with Gasteiger partial charge in [0.25, 0.3) is 0 Å². The Labute approximate surface area is 124 Å². The second-order valence-corrected chi connectivity index (χ2v) is 5.52. The van der Waals surface area contributed by atoms with E-state index in [9.17, 15) is 9.82 Å². The first kappa shape index (κ1) is 14.0. The molecule has 0 bridgehead atoms. The van der Waals surface area contributed by atoms with Crippen molar-refractivity contribution in [2.45, 2.75) is 25.9 Å². The zero-order chi connectivity index (χ0) is 14.8. The van der Waals surface area contributed by atoms with Crippen molar-refractivity contribution in [1.29, 1.82) is 0 Å². The summed E-state index contributed by atoms with van der Waals surface area (Å²) in [4.78, 5) is 12.4. The number of fused-ring (bicyclic) bond motifs is 1. The zero-order valence-electron chi connectivity index (χ0n) is 12.0. The molecule has 0 fully saturated rings. The minimum absolute atomic E-state index is 0.0910. The predicted molar refractivity (Wildman–Crippen MR) is 82.6 cm³/mol. The molecule has 0 amide bonds. The molecule has 2 aromatic rings. The molecule has 1 atom stereocenters. The predicted octanol–water partition coefficient (Wildman–Crippen LogP) is 2.28. The maximum atomic E-state index is 12.4. The molecule has 3 rings (SSSR count). The van der Waals surface area contributed by atoms with E-state index in [0.29, 0.717) is 24.1 Å². The van der Waals surface area contributed by atoms with Crippen molar-refractivity contribution < 1.29 is 14.5 Å². The molecule has 1 heterocycles. The van der Waals surface area contributed by atoms with Crippen molar-refractivity contribution in [3.05, 3.63) is 65.2 Å². The van der Waals surface area contributed by atoms with Crippen LogP contribution in [0.15, 0.2) is 48.5 Å². The monoisotopic (exact) mass is 280 g/mol. The minimum Gasteiger partial charge on any atom is -0.423 e. The lowest BCUT2D eigenvalue weighted by molar-refractivity contribution is 0.0975. The summed E-state index contributed by atoms with van der Waals surface area (Å²) in [6.45, 7) is 2.46. The minimum atomic E-state index is -0.903. The molecule has 3 nitrogen and oxygen atoms in total. The Balaban J connectivity index is 1.76. The number of carbonyl (C=O) groups excluding carboxylic acids is 1. The molecular formula is C17H17BO3. The molecule has 0 saturated heterocycles. The lowest BCUT2D eigenvalue weighted by Gasteiger charge is -2.11. The van der Waals surface area contributed by atoms with Crippen molar-refractivity contribution in [3.63, 3.8) is 0 Å². The fourth-order valence-corrected chi connectivity index (χ4v) is 2.68. The molecule has 0 spiro atoms. The Kier molecular flexibility index (Phi) is 3.91. The van der Waals surface area contributed by atoms with E-state index in [4.69, 9.17) is 4.65 Å². The van der Waals surface area contributed by atoms with Crippen molar-refractivity contribution in [2.24, 2.45) is 0 Å². The van der Waals surface area contributed by atoms with Crippen LogP contribution in [0.25, 0.3) is 0 Å². The Morgan fingerprint density at radius 2 is 2.05 bits per heavy atom. The van der Waals surface area contributed by atoms with Crippen molar-refractivity contribution >= 4 is 18.4 Å². The average Bonchev–Trinajstić information content (AvgIpc) is 2.89. The molecule has 1 unspecified atom stereocenters. The van der Waals surface area contributed by atoms with Crippen molar-refractivity contribution in [3.8, 4) is 0 Å². The van der Waals surface area contributed by atoms with E-state index in [0.717, 1.165) is 11.1 Å². The lowest BCUT2D eigenvalue weighted by Crippen LogP contribution is -2.28. The molecule has 0 saturated carbocycles. The topological polar surface area (TPSA) is 46.5 Å². The van der Waals surface area contributed by atoms with Gasteiger partial charge in [0.2, 0.25) is 0 Å². The van der Waals surface area contributed by atoms with Gasteiger partial charge in [0.1, 0.15) is 0 Å². The van der Waals surface area contributed by atoms with E-state index in [-0.39, 0.29) is 11.7 Å². The first-order valence-electron chi connectivity index (χ1n) is 7.16. The number of Topliss-reactive ketones (excluding diaryl/α,β-unsaturated/α-hetero) is 1. The fraction of sp³-hybridized carbons (Fsp3) is 0.235. The third-order valence-electron chi connectivity index (χ3n) is 3.99. The summed E-state index contributed by atoms with van der Waals surface area (Å²) in [5.41, 5.74) is 3.47. The maximum absolute atomic E-state index is 12.4. The van der Waals surface area contributed by atoms with Gasteiger partial charge in [0.15, 0.2) is 5.78 Å². The summed E-state index contributed by atoms with van der Waals surface area (Å²) in [7, 11) is -0.903. The van der Waals surface area contributed by atoms with Crippen LogP contribution in [-0.2, 0) is 11.3 Å². The third kappa shape index (κ3) is 2.92. The van der Waals surface area contributed by atoms with Crippen LogP contribution < -0.4 is 5.46 Å². The van der Waals surface area contributed by atoms with Crippen molar-refractivity contribution in [1.82, 2.24) is 0 Å².